The number of rotatable bonds is 5. The Morgan fingerprint density at radius 1 is 0.396 bits per heavy atom. The molecular formula is C47H33N. The maximum Gasteiger partial charge on any atom is 0.0754 e. The maximum absolute atomic E-state index is 4.24. The summed E-state index contributed by atoms with van der Waals surface area (Å²) in [6, 6.07) is 60.0. The first kappa shape index (κ1) is 28.1. The summed E-state index contributed by atoms with van der Waals surface area (Å²) >= 11 is 0. The van der Waals surface area contributed by atoms with Gasteiger partial charge in [0.1, 0.15) is 0 Å². The molecule has 1 spiro atoms. The first-order chi connectivity index (χ1) is 23.7. The van der Waals surface area contributed by atoms with Gasteiger partial charge in [-0.2, -0.15) is 0 Å². The predicted molar refractivity (Wildman–Crippen MR) is 203 cm³/mol. The Hall–Kier alpha value is -6.18. The quantitative estimate of drug-likeness (QED) is 0.187. The van der Waals surface area contributed by atoms with Gasteiger partial charge in [0, 0.05) is 5.56 Å². The van der Waals surface area contributed by atoms with Crippen molar-refractivity contribution in [1.82, 2.24) is 0 Å². The highest BCUT2D eigenvalue weighted by Gasteiger charge is 2.52. The lowest BCUT2D eigenvalue weighted by atomic mass is 9.64. The highest BCUT2D eigenvalue weighted by molar-refractivity contribution is 5.98. The minimum Gasteiger partial charge on any atom is -0.309 e. The zero-order valence-corrected chi connectivity index (χ0v) is 26.6. The molecule has 0 N–H and O–H groups in total. The lowest BCUT2D eigenvalue weighted by Crippen LogP contribution is -2.36. The van der Waals surface area contributed by atoms with Crippen LogP contribution in [0.4, 0.5) is 17.1 Å². The number of anilines is 3. The Labute approximate surface area is 282 Å². The molecule has 1 aliphatic heterocycles. The molecule has 0 saturated heterocycles. The van der Waals surface area contributed by atoms with Crippen LogP contribution in [0.1, 0.15) is 33.4 Å². The van der Waals surface area contributed by atoms with Crippen LogP contribution < -0.4 is 4.90 Å². The van der Waals surface area contributed by atoms with Crippen LogP contribution in [0.3, 0.4) is 0 Å². The van der Waals surface area contributed by atoms with E-state index in [1.165, 1.54) is 55.6 Å². The van der Waals surface area contributed by atoms with E-state index < -0.39 is 5.41 Å². The average molecular weight is 612 g/mol. The van der Waals surface area contributed by atoms with E-state index in [-0.39, 0.29) is 0 Å². The second kappa shape index (κ2) is 11.0. The predicted octanol–water partition coefficient (Wildman–Crippen LogP) is 12.5. The van der Waals surface area contributed by atoms with Crippen LogP contribution in [0.25, 0.3) is 45.5 Å². The van der Waals surface area contributed by atoms with E-state index in [0.717, 1.165) is 28.2 Å². The normalized spacial score (nSPS) is 13.3. The SMILES string of the molecule is C=Cc1cccc(N2c3ccccc3C3(c4cc(-c5ccccc5)ccc4-c4ccc(-c5ccccc5)cc43)c3ccccc32)c1C=C. The molecule has 1 heterocycles. The van der Waals surface area contributed by atoms with Gasteiger partial charge in [-0.05, 0) is 91.5 Å². The van der Waals surface area contributed by atoms with Gasteiger partial charge in [-0.25, -0.2) is 0 Å². The molecule has 0 fully saturated rings. The Morgan fingerprint density at radius 3 is 1.38 bits per heavy atom. The molecule has 1 heteroatoms. The highest BCUT2D eigenvalue weighted by atomic mass is 15.2. The summed E-state index contributed by atoms with van der Waals surface area (Å²) in [5.41, 5.74) is 17.6. The Bertz CT molecular complexity index is 2240. The lowest BCUT2D eigenvalue weighted by molar-refractivity contribution is 0.753. The molecule has 0 aromatic heterocycles. The Kier molecular flexibility index (Phi) is 6.42. The molecule has 0 radical (unpaired) electrons. The van der Waals surface area contributed by atoms with Gasteiger partial charge < -0.3 is 4.90 Å². The van der Waals surface area contributed by atoms with Gasteiger partial charge in [0.2, 0.25) is 0 Å². The number of fused-ring (bicyclic) bond motifs is 9. The van der Waals surface area contributed by atoms with E-state index in [4.69, 9.17) is 0 Å². The fourth-order valence-electron chi connectivity index (χ4n) is 8.20. The molecule has 9 rings (SSSR count). The third-order valence-corrected chi connectivity index (χ3v) is 10.2. The smallest absolute Gasteiger partial charge is 0.0754 e. The lowest BCUT2D eigenvalue weighted by Gasteiger charge is -2.45. The monoisotopic (exact) mass is 611 g/mol. The number of hydrogen-bond acceptors (Lipinski definition) is 1. The second-order valence-electron chi connectivity index (χ2n) is 12.6. The minimum atomic E-state index is -0.547. The minimum absolute atomic E-state index is 0.547. The summed E-state index contributed by atoms with van der Waals surface area (Å²) in [6.07, 6.45) is 3.88. The van der Waals surface area contributed by atoms with Crippen LogP contribution in [0.2, 0.25) is 0 Å². The molecule has 1 nitrogen and oxygen atoms in total. The number of nitrogens with zero attached hydrogens (tertiary/aromatic N) is 1. The molecule has 7 aromatic carbocycles. The molecular weight excluding hydrogens is 579 g/mol. The summed E-state index contributed by atoms with van der Waals surface area (Å²) in [7, 11) is 0. The standard InChI is InChI=1S/C47H33N/c1-3-32-20-15-25-44(37(32)4-2)48-45-23-13-11-21-40(45)47(41-22-12-14-24-46(41)48)42-30-35(33-16-7-5-8-17-33)26-28-38(42)39-29-27-36(31-43(39)47)34-18-9-6-10-19-34/h3-31H,1-2H2. The van der Waals surface area contributed by atoms with Gasteiger partial charge in [-0.15, -0.1) is 0 Å². The van der Waals surface area contributed by atoms with Crippen molar-refractivity contribution >= 4 is 29.2 Å². The first-order valence-corrected chi connectivity index (χ1v) is 16.5. The molecule has 0 atom stereocenters. The van der Waals surface area contributed by atoms with E-state index in [9.17, 15) is 0 Å². The third kappa shape index (κ3) is 3.91. The van der Waals surface area contributed by atoms with E-state index in [0.29, 0.717) is 0 Å². The summed E-state index contributed by atoms with van der Waals surface area (Å²) in [5.74, 6) is 0. The Balaban J connectivity index is 1.41. The van der Waals surface area contributed by atoms with E-state index in [2.05, 4.69) is 182 Å². The highest BCUT2D eigenvalue weighted by Crippen LogP contribution is 2.64. The van der Waals surface area contributed by atoms with E-state index in [1.807, 2.05) is 12.2 Å². The molecule has 0 bridgehead atoms. The summed E-state index contributed by atoms with van der Waals surface area (Å²) in [4.78, 5) is 2.43. The van der Waals surface area contributed by atoms with Crippen molar-refractivity contribution in [2.24, 2.45) is 0 Å². The molecule has 0 amide bonds. The zero-order valence-electron chi connectivity index (χ0n) is 26.6. The largest absolute Gasteiger partial charge is 0.309 e. The van der Waals surface area contributed by atoms with Crippen molar-refractivity contribution in [3.63, 3.8) is 0 Å². The molecule has 0 saturated carbocycles. The summed E-state index contributed by atoms with van der Waals surface area (Å²) < 4.78 is 0. The Morgan fingerprint density at radius 2 is 0.875 bits per heavy atom. The fourth-order valence-corrected chi connectivity index (χ4v) is 8.20. The van der Waals surface area contributed by atoms with Gasteiger partial charge in [0.15, 0.2) is 0 Å². The fraction of sp³-hybridized carbons (Fsp3) is 0.0213. The van der Waals surface area contributed by atoms with Gasteiger partial charge >= 0.3 is 0 Å². The van der Waals surface area contributed by atoms with Gasteiger partial charge in [-0.3, -0.25) is 0 Å². The van der Waals surface area contributed by atoms with Gasteiger partial charge in [-0.1, -0.05) is 159 Å². The maximum atomic E-state index is 4.24. The van der Waals surface area contributed by atoms with Gasteiger partial charge in [0.05, 0.1) is 22.5 Å². The van der Waals surface area contributed by atoms with Crippen molar-refractivity contribution in [2.45, 2.75) is 5.41 Å². The molecule has 7 aromatic rings. The van der Waals surface area contributed by atoms with Crippen molar-refractivity contribution in [2.75, 3.05) is 4.90 Å². The van der Waals surface area contributed by atoms with Gasteiger partial charge in [0.25, 0.3) is 0 Å². The van der Waals surface area contributed by atoms with E-state index >= 15 is 0 Å². The molecule has 1 aliphatic carbocycles. The molecule has 48 heavy (non-hydrogen) atoms. The van der Waals surface area contributed by atoms with Crippen LogP contribution in [0, 0.1) is 0 Å². The van der Waals surface area contributed by atoms with Crippen LogP contribution >= 0.6 is 0 Å². The van der Waals surface area contributed by atoms with Crippen molar-refractivity contribution in [1.29, 1.82) is 0 Å². The average Bonchev–Trinajstić information content (AvgIpc) is 3.45. The third-order valence-electron chi connectivity index (χ3n) is 10.2. The summed E-state index contributed by atoms with van der Waals surface area (Å²) in [6.45, 7) is 8.36. The van der Waals surface area contributed by atoms with Crippen LogP contribution in [0.5, 0.6) is 0 Å². The molecule has 0 unspecified atom stereocenters. The number of benzene rings is 7. The topological polar surface area (TPSA) is 3.24 Å². The molecule has 226 valence electrons. The second-order valence-corrected chi connectivity index (χ2v) is 12.6. The van der Waals surface area contributed by atoms with Crippen LogP contribution in [-0.2, 0) is 5.41 Å². The van der Waals surface area contributed by atoms with Crippen molar-refractivity contribution in [3.05, 3.63) is 210 Å². The molecule has 2 aliphatic rings. The zero-order chi connectivity index (χ0) is 32.2. The first-order valence-electron chi connectivity index (χ1n) is 16.5. The van der Waals surface area contributed by atoms with Crippen molar-refractivity contribution in [3.8, 4) is 33.4 Å². The van der Waals surface area contributed by atoms with E-state index in [1.54, 1.807) is 0 Å². The van der Waals surface area contributed by atoms with Crippen LogP contribution in [0.15, 0.2) is 177 Å². The summed E-state index contributed by atoms with van der Waals surface area (Å²) in [5, 5.41) is 0. The number of para-hydroxylation sites is 2. The van der Waals surface area contributed by atoms with Crippen molar-refractivity contribution < 1.29 is 0 Å². The van der Waals surface area contributed by atoms with Crippen LogP contribution in [-0.4, -0.2) is 0 Å². The number of hydrogen-bond donors (Lipinski definition) is 0.